The highest BCUT2D eigenvalue weighted by Crippen LogP contribution is 2.23. The van der Waals surface area contributed by atoms with Crippen LogP contribution < -0.4 is 15.8 Å². The van der Waals surface area contributed by atoms with Gasteiger partial charge in [-0.25, -0.2) is 4.79 Å². The van der Waals surface area contributed by atoms with Crippen LogP contribution in [0, 0.1) is 0 Å². The molecule has 0 spiro atoms. The lowest BCUT2D eigenvalue weighted by atomic mass is 10.2. The van der Waals surface area contributed by atoms with Crippen LogP contribution in [0.5, 0.6) is 5.75 Å². The van der Waals surface area contributed by atoms with Gasteiger partial charge < -0.3 is 25.4 Å². The van der Waals surface area contributed by atoms with Crippen LogP contribution in [0.2, 0.25) is 0 Å². The van der Waals surface area contributed by atoms with Crippen LogP contribution in [0.1, 0.15) is 0 Å². The largest absolute Gasteiger partial charge is 0.495 e. The van der Waals surface area contributed by atoms with Crippen molar-refractivity contribution < 1.29 is 14.3 Å². The van der Waals surface area contributed by atoms with E-state index in [4.69, 9.17) is 15.2 Å². The van der Waals surface area contributed by atoms with E-state index in [1.165, 1.54) is 0 Å². The average molecular weight is 265 g/mol. The Hall–Kier alpha value is -1.79. The minimum Gasteiger partial charge on any atom is -0.495 e. The van der Waals surface area contributed by atoms with Crippen molar-refractivity contribution in [1.29, 1.82) is 0 Å². The second-order valence-corrected chi connectivity index (χ2v) is 4.29. The molecule has 6 heteroatoms. The summed E-state index contributed by atoms with van der Waals surface area (Å²) < 4.78 is 10.5. The van der Waals surface area contributed by atoms with Gasteiger partial charge in [-0.1, -0.05) is 12.1 Å². The highest BCUT2D eigenvalue weighted by Gasteiger charge is 2.26. The molecule has 104 valence electrons. The first-order chi connectivity index (χ1) is 9.26. The molecule has 0 aromatic heterocycles. The zero-order chi connectivity index (χ0) is 13.7. The van der Waals surface area contributed by atoms with Crippen molar-refractivity contribution in [1.82, 2.24) is 4.90 Å². The second kappa shape index (κ2) is 6.40. The smallest absolute Gasteiger partial charge is 0.322 e. The molecule has 0 saturated carbocycles. The topological polar surface area (TPSA) is 76.8 Å². The highest BCUT2D eigenvalue weighted by atomic mass is 16.5. The first-order valence-electron chi connectivity index (χ1n) is 6.24. The number of hydrogen-bond acceptors (Lipinski definition) is 4. The second-order valence-electron chi connectivity index (χ2n) is 4.29. The number of nitrogens with one attached hydrogen (secondary N) is 1. The standard InChI is InChI=1S/C13H19N3O3/c1-18-12-5-3-2-4-11(12)15-13(17)16-6-7-19-9-10(16)8-14/h2-5,10H,6-9,14H2,1H3,(H,15,17). The van der Waals surface area contributed by atoms with Crippen LogP contribution in [-0.2, 0) is 4.74 Å². The van der Waals surface area contributed by atoms with Gasteiger partial charge in [-0.2, -0.15) is 0 Å². The third-order valence-electron chi connectivity index (χ3n) is 3.11. The predicted molar refractivity (Wildman–Crippen MR) is 72.4 cm³/mol. The van der Waals surface area contributed by atoms with Gasteiger partial charge in [0, 0.05) is 13.1 Å². The summed E-state index contributed by atoms with van der Waals surface area (Å²) >= 11 is 0. The number of urea groups is 1. The van der Waals surface area contributed by atoms with Crippen LogP contribution in [0.15, 0.2) is 24.3 Å². The predicted octanol–water partition coefficient (Wildman–Crippen LogP) is 0.887. The SMILES string of the molecule is COc1ccccc1NC(=O)N1CCOCC1CN. The Morgan fingerprint density at radius 1 is 1.58 bits per heavy atom. The molecule has 19 heavy (non-hydrogen) atoms. The molecule has 1 fully saturated rings. The van der Waals surface area contributed by atoms with Gasteiger partial charge in [0.15, 0.2) is 0 Å². The van der Waals surface area contributed by atoms with Crippen molar-refractivity contribution in [2.75, 3.05) is 38.7 Å². The third kappa shape index (κ3) is 3.15. The minimum absolute atomic E-state index is 0.0801. The van der Waals surface area contributed by atoms with Crippen LogP contribution in [0.25, 0.3) is 0 Å². The maximum absolute atomic E-state index is 12.3. The van der Waals surface area contributed by atoms with Gasteiger partial charge in [-0.15, -0.1) is 0 Å². The number of hydrogen-bond donors (Lipinski definition) is 2. The average Bonchev–Trinajstić information content (AvgIpc) is 2.47. The van der Waals surface area contributed by atoms with E-state index in [1.807, 2.05) is 12.1 Å². The number of benzene rings is 1. The zero-order valence-corrected chi connectivity index (χ0v) is 11.0. The molecule has 1 aromatic rings. The Labute approximate surface area is 112 Å². The van der Waals surface area contributed by atoms with Gasteiger partial charge in [0.05, 0.1) is 32.1 Å². The molecule has 1 atom stereocenters. The molecule has 0 bridgehead atoms. The number of para-hydroxylation sites is 2. The van der Waals surface area contributed by atoms with Crippen molar-refractivity contribution >= 4 is 11.7 Å². The molecular weight excluding hydrogens is 246 g/mol. The lowest BCUT2D eigenvalue weighted by Crippen LogP contribution is -2.53. The quantitative estimate of drug-likeness (QED) is 0.850. The van der Waals surface area contributed by atoms with Crippen LogP contribution in [0.3, 0.4) is 0 Å². The monoisotopic (exact) mass is 265 g/mol. The minimum atomic E-state index is -0.178. The normalized spacial score (nSPS) is 19.1. The first-order valence-corrected chi connectivity index (χ1v) is 6.24. The van der Waals surface area contributed by atoms with E-state index in [0.29, 0.717) is 37.7 Å². The maximum atomic E-state index is 12.3. The van der Waals surface area contributed by atoms with E-state index in [2.05, 4.69) is 5.32 Å². The zero-order valence-electron chi connectivity index (χ0n) is 11.0. The molecule has 3 N–H and O–H groups in total. The molecule has 0 radical (unpaired) electrons. The number of ether oxygens (including phenoxy) is 2. The fourth-order valence-electron chi connectivity index (χ4n) is 2.05. The molecular formula is C13H19N3O3. The number of anilines is 1. The van der Waals surface area contributed by atoms with Crippen LogP contribution in [0.4, 0.5) is 10.5 Å². The van der Waals surface area contributed by atoms with Gasteiger partial charge in [0.1, 0.15) is 5.75 Å². The summed E-state index contributed by atoms with van der Waals surface area (Å²) in [6.07, 6.45) is 0. The molecule has 1 aliphatic heterocycles. The van der Waals surface area contributed by atoms with E-state index in [9.17, 15) is 4.79 Å². The number of amides is 2. The highest BCUT2D eigenvalue weighted by molar-refractivity contribution is 5.91. The molecule has 1 saturated heterocycles. The Morgan fingerprint density at radius 3 is 3.11 bits per heavy atom. The Kier molecular flexibility index (Phi) is 4.59. The Bertz CT molecular complexity index is 439. The van der Waals surface area contributed by atoms with Crippen molar-refractivity contribution in [3.63, 3.8) is 0 Å². The van der Waals surface area contributed by atoms with Crippen LogP contribution in [-0.4, -0.2) is 50.4 Å². The number of carbonyl (C=O) groups excluding carboxylic acids is 1. The molecule has 1 unspecified atom stereocenters. The lowest BCUT2D eigenvalue weighted by molar-refractivity contribution is 0.0187. The van der Waals surface area contributed by atoms with Crippen molar-refractivity contribution in [2.24, 2.45) is 5.73 Å². The van der Waals surface area contributed by atoms with Crippen molar-refractivity contribution in [3.05, 3.63) is 24.3 Å². The molecule has 1 heterocycles. The summed E-state index contributed by atoms with van der Waals surface area (Å²) in [6.45, 7) is 1.95. The summed E-state index contributed by atoms with van der Waals surface area (Å²) in [7, 11) is 1.57. The number of carbonyl (C=O) groups is 1. The van der Waals surface area contributed by atoms with Gasteiger partial charge in [0.2, 0.25) is 0 Å². The first kappa shape index (κ1) is 13.6. The summed E-state index contributed by atoms with van der Waals surface area (Å²) in [5, 5.41) is 2.85. The Morgan fingerprint density at radius 2 is 2.37 bits per heavy atom. The van der Waals surface area contributed by atoms with Gasteiger partial charge in [-0.3, -0.25) is 0 Å². The molecule has 6 nitrogen and oxygen atoms in total. The van der Waals surface area contributed by atoms with E-state index < -0.39 is 0 Å². The van der Waals surface area contributed by atoms with Gasteiger partial charge in [0.25, 0.3) is 0 Å². The summed E-state index contributed by atoms with van der Waals surface area (Å²) in [5.41, 5.74) is 6.30. The molecule has 1 aliphatic rings. The number of methoxy groups -OCH3 is 1. The van der Waals surface area contributed by atoms with Crippen LogP contribution >= 0.6 is 0 Å². The van der Waals surface area contributed by atoms with Gasteiger partial charge in [-0.05, 0) is 12.1 Å². The summed E-state index contributed by atoms with van der Waals surface area (Å²) in [6, 6.07) is 7.04. The Balaban J connectivity index is 2.07. The number of nitrogens with two attached hydrogens (primary N) is 1. The van der Waals surface area contributed by atoms with Crippen molar-refractivity contribution in [2.45, 2.75) is 6.04 Å². The summed E-state index contributed by atoms with van der Waals surface area (Å²) in [4.78, 5) is 14.0. The maximum Gasteiger partial charge on any atom is 0.322 e. The molecule has 2 rings (SSSR count). The fraction of sp³-hybridized carbons (Fsp3) is 0.462. The lowest BCUT2D eigenvalue weighted by Gasteiger charge is -2.34. The molecule has 0 aliphatic carbocycles. The number of rotatable bonds is 3. The fourth-order valence-corrected chi connectivity index (χ4v) is 2.05. The van der Waals surface area contributed by atoms with E-state index in [0.717, 1.165) is 0 Å². The number of morpholine rings is 1. The number of nitrogens with zero attached hydrogens (tertiary/aromatic N) is 1. The van der Waals surface area contributed by atoms with E-state index in [1.54, 1.807) is 24.1 Å². The third-order valence-corrected chi connectivity index (χ3v) is 3.11. The summed E-state index contributed by atoms with van der Waals surface area (Å²) in [5.74, 6) is 0.633. The van der Waals surface area contributed by atoms with Crippen molar-refractivity contribution in [3.8, 4) is 5.75 Å². The van der Waals surface area contributed by atoms with Gasteiger partial charge >= 0.3 is 6.03 Å². The molecule has 2 amide bonds. The van der Waals surface area contributed by atoms with E-state index in [-0.39, 0.29) is 12.1 Å². The van der Waals surface area contributed by atoms with E-state index >= 15 is 0 Å². The molecule has 1 aromatic carbocycles.